The predicted octanol–water partition coefficient (Wildman–Crippen LogP) is 10.4. The first-order chi connectivity index (χ1) is 25.5. The number of nitrogens with zero attached hydrogens (tertiary/aromatic N) is 2. The average Bonchev–Trinajstić information content (AvgIpc) is 3.18. The maximum absolute atomic E-state index is 7.31. The maximum atomic E-state index is 7.31. The van der Waals surface area contributed by atoms with Crippen LogP contribution in [0.1, 0.15) is 0 Å². The van der Waals surface area contributed by atoms with E-state index in [1.165, 1.54) is 54.5 Å². The van der Waals surface area contributed by atoms with Crippen molar-refractivity contribution in [1.82, 2.24) is 0 Å². The normalized spacial score (nSPS) is 13.0. The zero-order valence-corrected chi connectivity index (χ0v) is 30.5. The molecule has 0 fully saturated rings. The van der Waals surface area contributed by atoms with Crippen LogP contribution in [0.25, 0.3) is 21.5 Å². The van der Waals surface area contributed by atoms with Gasteiger partial charge in [0.25, 0.3) is 6.71 Å². The Morgan fingerprint density at radius 2 is 1.08 bits per heavy atom. The number of fused-ring (bicyclic) bond motifs is 8. The predicted molar refractivity (Wildman–Crippen MR) is 225 cm³/mol. The first kappa shape index (κ1) is 30.8. The Morgan fingerprint density at radius 1 is 0.500 bits per heavy atom. The van der Waals surface area contributed by atoms with E-state index in [0.717, 1.165) is 34.2 Å². The van der Waals surface area contributed by atoms with Crippen LogP contribution in [0.4, 0.5) is 34.1 Å². The molecule has 10 rings (SSSR count). The van der Waals surface area contributed by atoms with E-state index in [9.17, 15) is 0 Å². The molecule has 2 heterocycles. The van der Waals surface area contributed by atoms with Crippen LogP contribution in [0.15, 0.2) is 170 Å². The molecule has 2 aliphatic rings. The minimum atomic E-state index is -1.77. The fraction of sp³-hybridized carbons (Fsp3) is 0.0638. The summed E-state index contributed by atoms with van der Waals surface area (Å²) in [5.74, 6) is 1.87. The minimum Gasteiger partial charge on any atom is -0.458 e. The van der Waals surface area contributed by atoms with Crippen LogP contribution in [-0.4, -0.2) is 14.8 Å². The van der Waals surface area contributed by atoms with Crippen molar-refractivity contribution in [1.29, 1.82) is 0 Å². The number of hydrogen-bond donors (Lipinski definition) is 0. The molecule has 0 spiro atoms. The SMILES string of the molecule is C[Si](C)(C)c1cc2c3c(c1)N(c1ccccc1)c1ccc4ccccc4c1B3c1c(cc(N(c3ccccc3)c3ccccc3)c3ccccc13)O2. The number of ether oxygens (including phenoxy) is 1. The van der Waals surface area contributed by atoms with Gasteiger partial charge in [0.15, 0.2) is 0 Å². The van der Waals surface area contributed by atoms with Crippen molar-refractivity contribution in [2.45, 2.75) is 19.6 Å². The van der Waals surface area contributed by atoms with Gasteiger partial charge in [-0.3, -0.25) is 0 Å². The topological polar surface area (TPSA) is 15.7 Å². The van der Waals surface area contributed by atoms with E-state index >= 15 is 0 Å². The number of rotatable bonds is 5. The lowest BCUT2D eigenvalue weighted by Gasteiger charge is -2.42. The Kier molecular flexibility index (Phi) is 6.96. The monoisotopic (exact) mass is 684 g/mol. The highest BCUT2D eigenvalue weighted by Crippen LogP contribution is 2.46. The van der Waals surface area contributed by atoms with Gasteiger partial charge < -0.3 is 14.5 Å². The molecule has 0 unspecified atom stereocenters. The third-order valence-electron chi connectivity index (χ3n) is 10.8. The summed E-state index contributed by atoms with van der Waals surface area (Å²) in [6.07, 6.45) is 0. The number of hydrogen-bond acceptors (Lipinski definition) is 3. The van der Waals surface area contributed by atoms with Gasteiger partial charge in [0.2, 0.25) is 0 Å². The lowest BCUT2D eigenvalue weighted by atomic mass is 9.33. The quantitative estimate of drug-likeness (QED) is 0.168. The van der Waals surface area contributed by atoms with Crippen LogP contribution in [0, 0.1) is 0 Å². The van der Waals surface area contributed by atoms with E-state index in [2.05, 4.69) is 199 Å². The molecule has 5 heteroatoms. The fourth-order valence-corrected chi connectivity index (χ4v) is 9.56. The van der Waals surface area contributed by atoms with Crippen LogP contribution in [0.5, 0.6) is 11.5 Å². The Balaban J connectivity index is 1.33. The van der Waals surface area contributed by atoms with Gasteiger partial charge in [-0.1, -0.05) is 134 Å². The van der Waals surface area contributed by atoms with Crippen molar-refractivity contribution in [2.75, 3.05) is 9.80 Å². The van der Waals surface area contributed by atoms with Crippen molar-refractivity contribution in [3.63, 3.8) is 0 Å². The summed E-state index contributed by atoms with van der Waals surface area (Å²) in [6.45, 7) is 7.24. The highest BCUT2D eigenvalue weighted by Gasteiger charge is 2.45. The third kappa shape index (κ3) is 4.73. The van der Waals surface area contributed by atoms with Gasteiger partial charge in [0, 0.05) is 39.9 Å². The summed E-state index contributed by atoms with van der Waals surface area (Å²) >= 11 is 0. The second kappa shape index (κ2) is 11.8. The summed E-state index contributed by atoms with van der Waals surface area (Å²) in [4.78, 5) is 4.85. The molecule has 0 saturated carbocycles. The number of anilines is 6. The summed E-state index contributed by atoms with van der Waals surface area (Å²) in [6, 6.07) is 61.7. The Hall–Kier alpha value is -6.04. The van der Waals surface area contributed by atoms with Crippen molar-refractivity contribution < 1.29 is 4.74 Å². The highest BCUT2D eigenvalue weighted by molar-refractivity contribution is 7.02. The molecule has 2 aliphatic heterocycles. The fourth-order valence-electron chi connectivity index (χ4n) is 8.43. The van der Waals surface area contributed by atoms with Gasteiger partial charge in [-0.2, -0.15) is 0 Å². The van der Waals surface area contributed by atoms with E-state index in [1.807, 2.05) is 0 Å². The van der Waals surface area contributed by atoms with E-state index in [1.54, 1.807) is 0 Å². The summed E-state index contributed by atoms with van der Waals surface area (Å²) in [7, 11) is -1.77. The van der Waals surface area contributed by atoms with Crippen molar-refractivity contribution in [3.8, 4) is 11.5 Å². The van der Waals surface area contributed by atoms with Crippen molar-refractivity contribution in [2.24, 2.45) is 0 Å². The molecule has 3 nitrogen and oxygen atoms in total. The van der Waals surface area contributed by atoms with Gasteiger partial charge in [-0.25, -0.2) is 0 Å². The van der Waals surface area contributed by atoms with Crippen LogP contribution < -0.4 is 36.1 Å². The Bertz CT molecular complexity index is 2620. The molecular formula is C47H37BN2OSi. The number of para-hydroxylation sites is 3. The zero-order valence-electron chi connectivity index (χ0n) is 29.5. The third-order valence-corrected chi connectivity index (χ3v) is 12.8. The summed E-state index contributed by atoms with van der Waals surface area (Å²) < 4.78 is 7.31. The summed E-state index contributed by atoms with van der Waals surface area (Å²) in [5.41, 5.74) is 10.7. The standard InChI is InChI=1S/C47H37BN2OSi/c1-52(2,3)36-29-42-47-43(30-36)51-44-31-41(49(33-18-7-4-8-19-33)34-20-9-5-10-21-34)38-25-15-16-26-39(38)46(44)48(47)45-37-24-14-13-17-32(37)27-28-40(45)50(42)35-22-11-6-12-23-35/h4-31H,1-3H3. The van der Waals surface area contributed by atoms with E-state index in [0.29, 0.717) is 0 Å². The molecule has 0 amide bonds. The molecule has 52 heavy (non-hydrogen) atoms. The second-order valence-electron chi connectivity index (χ2n) is 14.9. The molecular weight excluding hydrogens is 647 g/mol. The lowest BCUT2D eigenvalue weighted by Crippen LogP contribution is -2.60. The van der Waals surface area contributed by atoms with Crippen molar-refractivity contribution >= 4 is 92.0 Å². The second-order valence-corrected chi connectivity index (χ2v) is 20.0. The molecule has 0 radical (unpaired) electrons. The van der Waals surface area contributed by atoms with Crippen molar-refractivity contribution in [3.05, 3.63) is 170 Å². The average molecular weight is 685 g/mol. The molecule has 0 bridgehead atoms. The summed E-state index contributed by atoms with van der Waals surface area (Å²) in [5, 5.41) is 6.28. The molecule has 8 aromatic rings. The smallest absolute Gasteiger partial charge is 0.258 e. The Morgan fingerprint density at radius 3 is 1.75 bits per heavy atom. The molecule has 248 valence electrons. The van der Waals surface area contributed by atoms with Gasteiger partial charge in [-0.05, 0) is 87.1 Å². The largest absolute Gasteiger partial charge is 0.458 e. The van der Waals surface area contributed by atoms with Crippen LogP contribution >= 0.6 is 0 Å². The first-order valence-electron chi connectivity index (χ1n) is 18.1. The zero-order chi connectivity index (χ0) is 35.0. The van der Waals surface area contributed by atoms with E-state index in [4.69, 9.17) is 4.74 Å². The van der Waals surface area contributed by atoms with E-state index < -0.39 is 8.07 Å². The Labute approximate surface area is 306 Å². The van der Waals surface area contributed by atoms with Gasteiger partial charge in [0.1, 0.15) is 11.5 Å². The van der Waals surface area contributed by atoms with Crippen LogP contribution in [0.3, 0.4) is 0 Å². The molecule has 0 atom stereocenters. The minimum absolute atomic E-state index is 0.0358. The molecule has 8 aromatic carbocycles. The molecule has 0 aliphatic carbocycles. The highest BCUT2D eigenvalue weighted by atomic mass is 28.3. The van der Waals surface area contributed by atoms with E-state index in [-0.39, 0.29) is 6.71 Å². The molecule has 0 saturated heterocycles. The first-order valence-corrected chi connectivity index (χ1v) is 21.6. The van der Waals surface area contributed by atoms with Gasteiger partial charge in [0.05, 0.1) is 13.8 Å². The van der Waals surface area contributed by atoms with Crippen LogP contribution in [-0.2, 0) is 0 Å². The lowest BCUT2D eigenvalue weighted by molar-refractivity contribution is 0.488. The maximum Gasteiger partial charge on any atom is 0.258 e. The van der Waals surface area contributed by atoms with Gasteiger partial charge >= 0.3 is 0 Å². The van der Waals surface area contributed by atoms with Gasteiger partial charge in [-0.15, -0.1) is 0 Å². The van der Waals surface area contributed by atoms with Crippen LogP contribution in [0.2, 0.25) is 19.6 Å². The molecule has 0 aromatic heterocycles. The number of benzene rings is 8. The molecule has 0 N–H and O–H groups in total.